The number of halogens is 3. The van der Waals surface area contributed by atoms with Gasteiger partial charge in [-0.1, -0.05) is 6.07 Å². The maximum atomic E-state index is 13.9. The first-order chi connectivity index (χ1) is 16.8. The number of nitrogens with zero attached hydrogens (tertiary/aromatic N) is 2. The Morgan fingerprint density at radius 2 is 1.97 bits per heavy atom. The van der Waals surface area contributed by atoms with Crippen LogP contribution in [-0.4, -0.2) is 46.1 Å². The van der Waals surface area contributed by atoms with Crippen LogP contribution in [0, 0.1) is 0 Å². The zero-order valence-electron chi connectivity index (χ0n) is 18.9. The maximum absolute atomic E-state index is 13.9. The Bertz CT molecular complexity index is 1530. The summed E-state index contributed by atoms with van der Waals surface area (Å²) >= 11 is 1.10. The quantitative estimate of drug-likeness (QED) is 0.450. The predicted molar refractivity (Wildman–Crippen MR) is 130 cm³/mol. The van der Waals surface area contributed by atoms with E-state index in [1.807, 2.05) is 13.1 Å². The van der Waals surface area contributed by atoms with Crippen LogP contribution in [0.15, 0.2) is 47.5 Å². The zero-order valence-corrected chi connectivity index (χ0v) is 19.7. The first-order valence-electron chi connectivity index (χ1n) is 11.2. The first-order valence-corrected chi connectivity index (χ1v) is 12.0. The minimum Gasteiger partial charge on any atom is -0.490 e. The third-order valence-electron chi connectivity index (χ3n) is 6.04. The fourth-order valence-electron chi connectivity index (χ4n) is 4.18. The number of ether oxygens (including phenoxy) is 1. The summed E-state index contributed by atoms with van der Waals surface area (Å²) in [6, 6.07) is 7.66. The summed E-state index contributed by atoms with van der Waals surface area (Å²) in [5, 5.41) is 0.852. The standard InChI is InChI=1S/C25H23F3N4O2S/c1-32-9-6-17(7-10-32)34-18-5-4-15(20(13-18)25(26,27)28)12-22-31-24(33)21(35-22)11-16-14-30-23-19(16)3-2-8-29-23/h2-5,8,11-14,17H,6-7,9-10H2,1H3,(H,29,30)(H,31,33). The predicted octanol–water partition coefficient (Wildman–Crippen LogP) is 3.46. The topological polar surface area (TPSA) is 74.0 Å². The van der Waals surface area contributed by atoms with Crippen LogP contribution in [0.1, 0.15) is 29.5 Å². The molecule has 0 amide bonds. The average Bonchev–Trinajstić information content (AvgIpc) is 3.39. The van der Waals surface area contributed by atoms with Gasteiger partial charge in [-0.05, 0) is 61.9 Å². The second kappa shape index (κ2) is 9.35. The monoisotopic (exact) mass is 500 g/mol. The number of hydrogen-bond donors (Lipinski definition) is 2. The summed E-state index contributed by atoms with van der Waals surface area (Å²) in [4.78, 5) is 24.6. The molecule has 0 radical (unpaired) electrons. The van der Waals surface area contributed by atoms with Crippen molar-refractivity contribution >= 4 is 34.5 Å². The molecule has 182 valence electrons. The summed E-state index contributed by atoms with van der Waals surface area (Å²) in [5.41, 5.74) is 0.267. The Morgan fingerprint density at radius 3 is 2.74 bits per heavy atom. The van der Waals surface area contributed by atoms with Crippen molar-refractivity contribution in [2.45, 2.75) is 25.1 Å². The van der Waals surface area contributed by atoms with Crippen LogP contribution in [0.2, 0.25) is 0 Å². The lowest BCUT2D eigenvalue weighted by Gasteiger charge is -2.29. The number of hydrogen-bond acceptors (Lipinski definition) is 5. The van der Waals surface area contributed by atoms with E-state index >= 15 is 0 Å². The van der Waals surface area contributed by atoms with Gasteiger partial charge in [-0.3, -0.25) is 4.79 Å². The van der Waals surface area contributed by atoms with Crippen molar-refractivity contribution in [3.05, 3.63) is 79.0 Å². The van der Waals surface area contributed by atoms with Gasteiger partial charge in [0.2, 0.25) is 0 Å². The number of H-pyrrole nitrogens is 2. The van der Waals surface area contributed by atoms with Gasteiger partial charge in [-0.2, -0.15) is 13.2 Å². The van der Waals surface area contributed by atoms with Crippen LogP contribution in [0.5, 0.6) is 5.75 Å². The molecule has 2 N–H and O–H groups in total. The van der Waals surface area contributed by atoms with E-state index in [0.29, 0.717) is 14.8 Å². The molecule has 4 aromatic rings. The highest BCUT2D eigenvalue weighted by molar-refractivity contribution is 7.07. The Hall–Kier alpha value is -3.37. The van der Waals surface area contributed by atoms with Crippen molar-refractivity contribution in [3.8, 4) is 5.75 Å². The summed E-state index contributed by atoms with van der Waals surface area (Å²) < 4.78 is 48.2. The van der Waals surface area contributed by atoms with Crippen LogP contribution in [0.4, 0.5) is 13.2 Å². The molecule has 10 heteroatoms. The molecular weight excluding hydrogens is 477 g/mol. The third-order valence-corrected chi connectivity index (χ3v) is 7.00. The van der Waals surface area contributed by atoms with Crippen LogP contribution < -0.4 is 19.5 Å². The number of thiazole rings is 1. The highest BCUT2D eigenvalue weighted by Gasteiger charge is 2.33. The van der Waals surface area contributed by atoms with Crippen LogP contribution in [0.3, 0.4) is 0 Å². The number of piperidine rings is 1. The molecule has 0 saturated carbocycles. The molecular formula is C25H23F3N4O2S. The van der Waals surface area contributed by atoms with Crippen molar-refractivity contribution < 1.29 is 17.9 Å². The van der Waals surface area contributed by atoms with Crippen molar-refractivity contribution in [1.82, 2.24) is 19.9 Å². The number of likely N-dealkylation sites (tertiary alicyclic amines) is 1. The summed E-state index contributed by atoms with van der Waals surface area (Å²) in [5.74, 6) is 0.200. The molecule has 0 unspecified atom stereocenters. The lowest BCUT2D eigenvalue weighted by atomic mass is 10.1. The molecule has 35 heavy (non-hydrogen) atoms. The molecule has 1 fully saturated rings. The van der Waals surface area contributed by atoms with E-state index in [1.54, 1.807) is 30.6 Å². The van der Waals surface area contributed by atoms with Crippen molar-refractivity contribution in [1.29, 1.82) is 0 Å². The number of pyridine rings is 1. The van der Waals surface area contributed by atoms with Crippen molar-refractivity contribution in [2.24, 2.45) is 0 Å². The molecule has 1 aliphatic rings. The molecule has 1 saturated heterocycles. The van der Waals surface area contributed by atoms with Gasteiger partial charge in [0.1, 0.15) is 17.5 Å². The second-order valence-corrected chi connectivity index (χ2v) is 9.67. The number of benzene rings is 1. The van der Waals surface area contributed by atoms with Crippen molar-refractivity contribution in [3.63, 3.8) is 0 Å². The summed E-state index contributed by atoms with van der Waals surface area (Å²) in [6.45, 7) is 1.70. The van der Waals surface area contributed by atoms with Gasteiger partial charge in [0, 0.05) is 36.4 Å². The van der Waals surface area contributed by atoms with E-state index < -0.39 is 11.7 Å². The van der Waals surface area contributed by atoms with Gasteiger partial charge in [-0.25, -0.2) is 4.98 Å². The summed E-state index contributed by atoms with van der Waals surface area (Å²) in [6.07, 6.45) is 3.32. The lowest BCUT2D eigenvalue weighted by Crippen LogP contribution is -2.35. The number of nitrogens with one attached hydrogen (secondary N) is 2. The zero-order chi connectivity index (χ0) is 24.6. The Labute approximate surface area is 202 Å². The van der Waals surface area contributed by atoms with Crippen LogP contribution in [-0.2, 0) is 6.18 Å². The molecule has 0 spiro atoms. The molecule has 3 aromatic heterocycles. The van der Waals surface area contributed by atoms with Gasteiger partial charge in [-0.15, -0.1) is 11.3 Å². The van der Waals surface area contributed by atoms with E-state index in [-0.39, 0.29) is 23.0 Å². The highest BCUT2D eigenvalue weighted by Crippen LogP contribution is 2.35. The van der Waals surface area contributed by atoms with Crippen LogP contribution >= 0.6 is 11.3 Å². The molecule has 5 rings (SSSR count). The largest absolute Gasteiger partial charge is 0.490 e. The van der Waals surface area contributed by atoms with E-state index in [4.69, 9.17) is 4.74 Å². The molecule has 6 nitrogen and oxygen atoms in total. The Morgan fingerprint density at radius 1 is 1.17 bits per heavy atom. The maximum Gasteiger partial charge on any atom is 0.417 e. The molecule has 0 aliphatic carbocycles. The molecule has 4 heterocycles. The van der Waals surface area contributed by atoms with Gasteiger partial charge >= 0.3 is 6.18 Å². The number of aromatic amines is 2. The van der Waals surface area contributed by atoms with Gasteiger partial charge in [0.05, 0.1) is 14.8 Å². The number of rotatable bonds is 4. The fraction of sp³-hybridized carbons (Fsp3) is 0.280. The molecule has 1 aromatic carbocycles. The number of fused-ring (bicyclic) bond motifs is 1. The van der Waals surface area contributed by atoms with E-state index in [1.165, 1.54) is 12.1 Å². The molecule has 0 bridgehead atoms. The smallest absolute Gasteiger partial charge is 0.417 e. The van der Waals surface area contributed by atoms with E-state index in [9.17, 15) is 18.0 Å². The van der Waals surface area contributed by atoms with Gasteiger partial charge in [0.25, 0.3) is 5.56 Å². The average molecular weight is 501 g/mol. The normalized spacial score (nSPS) is 16.9. The van der Waals surface area contributed by atoms with Crippen molar-refractivity contribution in [2.75, 3.05) is 20.1 Å². The minimum absolute atomic E-state index is 0.0337. The van der Waals surface area contributed by atoms with Gasteiger partial charge in [0.15, 0.2) is 0 Å². The van der Waals surface area contributed by atoms with E-state index in [0.717, 1.165) is 54.3 Å². The number of aromatic nitrogens is 3. The van der Waals surface area contributed by atoms with Gasteiger partial charge < -0.3 is 19.6 Å². The SMILES string of the molecule is CN1CCC(Oc2ccc(C=c3[nH]c(=O)c(=Cc4c[nH]c5ncccc45)s3)c(C(F)(F)F)c2)CC1. The van der Waals surface area contributed by atoms with E-state index in [2.05, 4.69) is 19.9 Å². The first kappa shape index (κ1) is 23.4. The lowest BCUT2D eigenvalue weighted by molar-refractivity contribution is -0.137. The highest BCUT2D eigenvalue weighted by atomic mass is 32.1. The third kappa shape index (κ3) is 5.18. The molecule has 0 atom stereocenters. The Balaban J connectivity index is 1.49. The summed E-state index contributed by atoms with van der Waals surface area (Å²) in [7, 11) is 2.01. The Kier molecular flexibility index (Phi) is 6.24. The molecule has 1 aliphatic heterocycles. The second-order valence-electron chi connectivity index (χ2n) is 8.58. The number of alkyl halides is 3. The fourth-order valence-corrected chi connectivity index (χ4v) is 5.07. The van der Waals surface area contributed by atoms with Crippen LogP contribution in [0.25, 0.3) is 23.2 Å². The minimum atomic E-state index is -4.57.